The van der Waals surface area contributed by atoms with E-state index in [1.807, 2.05) is 21.1 Å². The molecule has 528 valence electrons. The fourth-order valence-electron chi connectivity index (χ4n) is 8.92. The summed E-state index contributed by atoms with van der Waals surface area (Å²) in [6, 6.07) is 0. The second-order valence-corrected chi connectivity index (χ2v) is 24.4. The zero-order chi connectivity index (χ0) is 69.0. The second kappa shape index (κ2) is 73.2. The van der Waals surface area contributed by atoms with Crippen LogP contribution in [0.1, 0.15) is 232 Å². The first-order chi connectivity index (χ1) is 46.6. The van der Waals surface area contributed by atoms with Crippen molar-refractivity contribution in [3.05, 3.63) is 231 Å². The number of allylic oxidation sites excluding steroid dienone is 38. The lowest BCUT2D eigenvalue weighted by Gasteiger charge is -2.26. The van der Waals surface area contributed by atoms with Crippen LogP contribution >= 0.6 is 0 Å². The Morgan fingerprint density at radius 2 is 0.579 bits per heavy atom. The van der Waals surface area contributed by atoms with Crippen LogP contribution in [0.3, 0.4) is 0 Å². The van der Waals surface area contributed by atoms with Crippen LogP contribution < -0.4 is 5.11 Å². The number of ether oxygens (including phenoxy) is 4. The molecule has 0 aliphatic heterocycles. The van der Waals surface area contributed by atoms with E-state index in [0.29, 0.717) is 23.9 Å². The molecule has 0 aromatic heterocycles. The molecule has 0 saturated heterocycles. The average molecular weight is 1310 g/mol. The van der Waals surface area contributed by atoms with Crippen LogP contribution in [-0.2, 0) is 33.3 Å². The summed E-state index contributed by atoms with van der Waals surface area (Å²) in [4.78, 5) is 37.5. The number of likely N-dealkylation sites (N-methyl/N-ethyl adjacent to an activating group) is 1. The van der Waals surface area contributed by atoms with Gasteiger partial charge in [0.05, 0.1) is 40.3 Å². The number of quaternary nitrogens is 1. The molecule has 9 heteroatoms. The van der Waals surface area contributed by atoms with Crippen molar-refractivity contribution in [2.24, 2.45) is 0 Å². The lowest BCUT2D eigenvalue weighted by Crippen LogP contribution is -2.44. The van der Waals surface area contributed by atoms with Crippen molar-refractivity contribution in [2.45, 2.75) is 245 Å². The summed E-state index contributed by atoms with van der Waals surface area (Å²) in [5.41, 5.74) is 0. The predicted molar refractivity (Wildman–Crippen MR) is 406 cm³/mol. The summed E-state index contributed by atoms with van der Waals surface area (Å²) in [7, 11) is 5.89. The van der Waals surface area contributed by atoms with Gasteiger partial charge in [0.2, 0.25) is 0 Å². The summed E-state index contributed by atoms with van der Waals surface area (Å²) in [5.74, 6) is -2.40. The molecule has 0 fully saturated rings. The number of nitrogens with zero attached hydrogens (tertiary/aromatic N) is 1. The third-order valence-electron chi connectivity index (χ3n) is 14.4. The molecule has 0 aliphatic rings. The molecule has 0 saturated carbocycles. The summed E-state index contributed by atoms with van der Waals surface area (Å²) in [5, 5.41) is 11.8. The predicted octanol–water partition coefficient (Wildman–Crippen LogP) is 22.1. The summed E-state index contributed by atoms with van der Waals surface area (Å²) < 4.78 is 22.7. The quantitative estimate of drug-likeness (QED) is 0.0195. The Balaban J connectivity index is 4.27. The van der Waals surface area contributed by atoms with Crippen molar-refractivity contribution >= 4 is 17.9 Å². The normalized spacial score (nSPS) is 14.1. The van der Waals surface area contributed by atoms with Gasteiger partial charge in [-0.05, 0) is 154 Å². The highest BCUT2D eigenvalue weighted by molar-refractivity contribution is 5.70. The first kappa shape index (κ1) is 88.4. The van der Waals surface area contributed by atoms with Gasteiger partial charge in [-0.25, -0.2) is 0 Å². The highest BCUT2D eigenvalue weighted by Crippen LogP contribution is 2.14. The minimum absolute atomic E-state index is 0.125. The molecule has 95 heavy (non-hydrogen) atoms. The minimum Gasteiger partial charge on any atom is -0.545 e. The first-order valence-electron chi connectivity index (χ1n) is 36.5. The van der Waals surface area contributed by atoms with Gasteiger partial charge in [-0.15, -0.1) is 0 Å². The number of carbonyl (C=O) groups excluding carboxylic acids is 3. The number of carboxylic acids is 1. The molecule has 2 unspecified atom stereocenters. The summed E-state index contributed by atoms with van der Waals surface area (Å²) >= 11 is 0. The van der Waals surface area contributed by atoms with Crippen LogP contribution in [0.4, 0.5) is 0 Å². The maximum atomic E-state index is 12.9. The zero-order valence-electron chi connectivity index (χ0n) is 60.2. The number of hydrogen-bond donors (Lipinski definition) is 0. The van der Waals surface area contributed by atoms with E-state index in [9.17, 15) is 19.5 Å². The summed E-state index contributed by atoms with van der Waals surface area (Å²) in [6.45, 7) is 4.42. The Kier molecular flexibility index (Phi) is 68.0. The van der Waals surface area contributed by atoms with E-state index >= 15 is 0 Å². The van der Waals surface area contributed by atoms with Gasteiger partial charge >= 0.3 is 11.9 Å². The monoisotopic (exact) mass is 1310 g/mol. The number of rotatable bonds is 64. The maximum Gasteiger partial charge on any atom is 0.306 e. The van der Waals surface area contributed by atoms with Crippen molar-refractivity contribution in [1.29, 1.82) is 0 Å². The maximum absolute atomic E-state index is 12.9. The molecule has 0 spiro atoms. The van der Waals surface area contributed by atoms with Crippen molar-refractivity contribution in [3.8, 4) is 0 Å². The molecule has 0 aliphatic carbocycles. The third kappa shape index (κ3) is 74.6. The number of aliphatic carboxylic acids is 1. The van der Waals surface area contributed by atoms with Crippen LogP contribution in [-0.4, -0.2) is 82.3 Å². The number of esters is 2. The Morgan fingerprint density at radius 1 is 0.316 bits per heavy atom. The Morgan fingerprint density at radius 3 is 0.874 bits per heavy atom. The number of hydrogen-bond acceptors (Lipinski definition) is 8. The van der Waals surface area contributed by atoms with Crippen LogP contribution in [0.5, 0.6) is 0 Å². The fraction of sp³-hybridized carbons (Fsp3) is 0.523. The fourth-order valence-corrected chi connectivity index (χ4v) is 8.92. The second-order valence-electron chi connectivity index (χ2n) is 24.4. The molecule has 0 heterocycles. The van der Waals surface area contributed by atoms with Gasteiger partial charge in [-0.1, -0.05) is 296 Å². The zero-order valence-corrected chi connectivity index (χ0v) is 60.2. The van der Waals surface area contributed by atoms with Crippen LogP contribution in [0.25, 0.3) is 0 Å². The molecule has 0 radical (unpaired) electrons. The summed E-state index contributed by atoms with van der Waals surface area (Å²) in [6.07, 6.45) is 114. The van der Waals surface area contributed by atoms with Gasteiger partial charge in [0, 0.05) is 12.8 Å². The van der Waals surface area contributed by atoms with Crippen LogP contribution in [0, 0.1) is 0 Å². The van der Waals surface area contributed by atoms with Crippen molar-refractivity contribution < 1.29 is 42.9 Å². The molecule has 9 nitrogen and oxygen atoms in total. The smallest absolute Gasteiger partial charge is 0.306 e. The Labute approximate surface area is 580 Å². The van der Waals surface area contributed by atoms with Crippen LogP contribution in [0.2, 0.25) is 0 Å². The van der Waals surface area contributed by atoms with E-state index in [2.05, 4.69) is 245 Å². The van der Waals surface area contributed by atoms with Gasteiger partial charge in [0.15, 0.2) is 12.4 Å². The van der Waals surface area contributed by atoms with Gasteiger partial charge in [-0.2, -0.15) is 0 Å². The minimum atomic E-state index is -1.65. The molecule has 0 aromatic rings. The average Bonchev–Trinajstić information content (AvgIpc) is 3.54. The van der Waals surface area contributed by atoms with Gasteiger partial charge in [-0.3, -0.25) is 9.59 Å². The largest absolute Gasteiger partial charge is 0.545 e. The van der Waals surface area contributed by atoms with Crippen molar-refractivity contribution in [2.75, 3.05) is 47.5 Å². The number of carbonyl (C=O) groups is 3. The molecule has 0 aromatic carbocycles. The highest BCUT2D eigenvalue weighted by Gasteiger charge is 2.22. The Hall–Kier alpha value is -6.65. The molecule has 0 N–H and O–H groups in total. The van der Waals surface area contributed by atoms with Crippen molar-refractivity contribution in [1.82, 2.24) is 0 Å². The highest BCUT2D eigenvalue weighted by atomic mass is 16.7. The lowest BCUT2D eigenvalue weighted by molar-refractivity contribution is -0.870. The van der Waals surface area contributed by atoms with E-state index in [1.54, 1.807) is 0 Å². The van der Waals surface area contributed by atoms with Gasteiger partial charge in [0.1, 0.15) is 13.2 Å². The van der Waals surface area contributed by atoms with Crippen LogP contribution in [0.15, 0.2) is 231 Å². The topological polar surface area (TPSA) is 111 Å². The molecule has 0 rings (SSSR count). The molecule has 2 atom stereocenters. The van der Waals surface area contributed by atoms with Crippen molar-refractivity contribution in [3.63, 3.8) is 0 Å². The van der Waals surface area contributed by atoms with E-state index in [1.165, 1.54) is 38.5 Å². The Bertz CT molecular complexity index is 2420. The standard InChI is InChI=1S/C86H131NO8/c1-6-8-10-12-14-16-18-20-22-24-26-28-30-32-34-36-37-38-39-40-41-42-43-44-45-46-47-49-51-53-55-57-59-61-63-65-67-69-71-73-75-77-84(89)95-82(81-94-86(85(90)91)92-79-78-87(3,4)5)80-93-83(88)76-74-72-70-68-66-64-62-60-58-56-54-52-50-48-35-33-31-29-27-25-23-21-19-17-15-13-11-9-7-2/h8-11,14-17,20-23,26-29,32-35,37-38,40-41,43-44,46-47,50-53,56,58,62,64,68,70,82,86H,6-7,12-13,18-19,24-25,30-31,36,39,42,45,48-49,54-55,57,59-61,63,65-67,69,71-81H2,1-5H3/b10-8-,11-9-,16-14-,17-15-,22-20-,23-21-,28-26-,29-27-,34-32-,35-33-,38-37-,41-40-,44-43-,47-46-,52-50-,53-51-,58-56-,64-62-,70-68-. The molecular formula is C86H131NO8. The van der Waals surface area contributed by atoms with Gasteiger partial charge < -0.3 is 33.3 Å². The van der Waals surface area contributed by atoms with E-state index in [0.717, 1.165) is 154 Å². The van der Waals surface area contributed by atoms with Gasteiger partial charge in [0.25, 0.3) is 0 Å². The SMILES string of the molecule is CC/C=C\C/C=C\C/C=C\C/C=C\C/C=C\C/C=C\C/C=C\C/C=C\C/C=C\C/C=C\CCCCCCCCCCCCC(=O)OC(COC(=O)CCC/C=C\C/C=C\C/C=C\C/C=C\C/C=C\C/C=C\C/C=C\C/C=C\C/C=C\CC)COC(OCC[N+](C)(C)C)C(=O)[O-]. The molecule has 0 bridgehead atoms. The lowest BCUT2D eigenvalue weighted by atomic mass is 10.0. The van der Waals surface area contributed by atoms with E-state index < -0.39 is 30.3 Å². The number of unbranched alkanes of at least 4 members (excludes halogenated alkanes) is 11. The first-order valence-corrected chi connectivity index (χ1v) is 36.5. The molecule has 0 amide bonds. The van der Waals surface area contributed by atoms with E-state index in [-0.39, 0.29) is 32.7 Å². The van der Waals surface area contributed by atoms with E-state index in [4.69, 9.17) is 18.9 Å². The number of carboxylic acid groups (broad SMARTS) is 1. The molecular weight excluding hydrogens is 1170 g/mol. The third-order valence-corrected chi connectivity index (χ3v) is 14.4.